The Kier molecular flexibility index (Phi) is 4.39. The molecule has 2 amide bonds. The zero-order valence-corrected chi connectivity index (χ0v) is 12.1. The van der Waals surface area contributed by atoms with Crippen LogP contribution >= 0.6 is 0 Å². The van der Waals surface area contributed by atoms with Gasteiger partial charge in [-0.25, -0.2) is 9.18 Å². The lowest BCUT2D eigenvalue weighted by molar-refractivity contribution is 0.0355. The van der Waals surface area contributed by atoms with Gasteiger partial charge in [0, 0.05) is 19.6 Å². The van der Waals surface area contributed by atoms with Crippen molar-refractivity contribution < 1.29 is 13.9 Å². The fourth-order valence-corrected chi connectivity index (χ4v) is 3.13. The van der Waals surface area contributed by atoms with Crippen molar-refractivity contribution in [2.45, 2.75) is 25.3 Å². The van der Waals surface area contributed by atoms with E-state index in [0.29, 0.717) is 26.3 Å². The molecule has 1 aromatic carbocycles. The lowest BCUT2D eigenvalue weighted by atomic mass is 9.95. The highest BCUT2D eigenvalue weighted by Crippen LogP contribution is 2.31. The van der Waals surface area contributed by atoms with Gasteiger partial charge in [-0.05, 0) is 37.0 Å². The third-order valence-corrected chi connectivity index (χ3v) is 4.28. The minimum Gasteiger partial charge on any atom is -0.378 e. The Bertz CT molecular complexity index is 486. The Morgan fingerprint density at radius 1 is 1.10 bits per heavy atom. The summed E-state index contributed by atoms with van der Waals surface area (Å²) in [6, 6.07) is 6.69. The maximum absolute atomic E-state index is 13.1. The highest BCUT2D eigenvalue weighted by molar-refractivity contribution is 5.75. The number of piperidine rings is 1. The number of likely N-dealkylation sites (tertiary alicyclic amines) is 1. The molecule has 1 aromatic rings. The number of nitrogens with zero attached hydrogens (tertiary/aromatic N) is 2. The molecule has 21 heavy (non-hydrogen) atoms. The lowest BCUT2D eigenvalue weighted by Gasteiger charge is -2.40. The van der Waals surface area contributed by atoms with Gasteiger partial charge in [0.1, 0.15) is 5.82 Å². The van der Waals surface area contributed by atoms with E-state index in [2.05, 4.69) is 0 Å². The summed E-state index contributed by atoms with van der Waals surface area (Å²) in [6.07, 6.45) is 3.09. The third kappa shape index (κ3) is 3.18. The first-order valence-corrected chi connectivity index (χ1v) is 7.64. The van der Waals surface area contributed by atoms with Crippen molar-refractivity contribution >= 4 is 6.03 Å². The molecule has 0 aromatic heterocycles. The van der Waals surface area contributed by atoms with Crippen molar-refractivity contribution in [2.75, 3.05) is 32.8 Å². The average molecular weight is 292 g/mol. The van der Waals surface area contributed by atoms with E-state index < -0.39 is 0 Å². The van der Waals surface area contributed by atoms with Crippen LogP contribution in [-0.2, 0) is 4.74 Å². The largest absolute Gasteiger partial charge is 0.378 e. The van der Waals surface area contributed by atoms with Gasteiger partial charge in [-0.15, -0.1) is 0 Å². The van der Waals surface area contributed by atoms with Crippen LogP contribution in [0.2, 0.25) is 0 Å². The molecule has 2 aliphatic heterocycles. The zero-order valence-electron chi connectivity index (χ0n) is 12.1. The van der Waals surface area contributed by atoms with E-state index >= 15 is 0 Å². The summed E-state index contributed by atoms with van der Waals surface area (Å²) in [5.41, 5.74) is 1.03. The van der Waals surface area contributed by atoms with E-state index in [-0.39, 0.29) is 17.9 Å². The zero-order chi connectivity index (χ0) is 14.7. The summed E-state index contributed by atoms with van der Waals surface area (Å²) >= 11 is 0. The second-order valence-corrected chi connectivity index (χ2v) is 5.64. The average Bonchev–Trinajstić information content (AvgIpc) is 2.56. The van der Waals surface area contributed by atoms with Crippen LogP contribution in [0.15, 0.2) is 24.3 Å². The molecular weight excluding hydrogens is 271 g/mol. The predicted octanol–water partition coefficient (Wildman–Crippen LogP) is 2.80. The number of amides is 2. The third-order valence-electron chi connectivity index (χ3n) is 4.28. The van der Waals surface area contributed by atoms with Crippen molar-refractivity contribution in [3.8, 4) is 0 Å². The summed E-state index contributed by atoms with van der Waals surface area (Å²) in [6.45, 7) is 3.32. The number of hydrogen-bond acceptors (Lipinski definition) is 2. The van der Waals surface area contributed by atoms with Crippen molar-refractivity contribution in [3.63, 3.8) is 0 Å². The molecule has 0 saturated carbocycles. The molecule has 5 heteroatoms. The molecule has 0 N–H and O–H groups in total. The van der Waals surface area contributed by atoms with Crippen molar-refractivity contribution in [3.05, 3.63) is 35.6 Å². The standard InChI is InChI=1S/C16H21FN2O2/c17-14-6-4-13(5-7-14)15-3-1-2-8-19(15)16(20)18-9-11-21-12-10-18/h4-7,15H,1-3,8-12H2. The van der Waals surface area contributed by atoms with Crippen LogP contribution in [0.25, 0.3) is 0 Å². The van der Waals surface area contributed by atoms with Crippen LogP contribution in [-0.4, -0.2) is 48.7 Å². The van der Waals surface area contributed by atoms with Crippen LogP contribution in [0.1, 0.15) is 30.9 Å². The molecule has 2 heterocycles. The molecule has 2 fully saturated rings. The highest BCUT2D eigenvalue weighted by atomic mass is 19.1. The molecule has 114 valence electrons. The van der Waals surface area contributed by atoms with Gasteiger partial charge in [0.15, 0.2) is 0 Å². The van der Waals surface area contributed by atoms with E-state index in [0.717, 1.165) is 31.4 Å². The van der Waals surface area contributed by atoms with Crippen LogP contribution in [0.4, 0.5) is 9.18 Å². The molecule has 1 atom stereocenters. The summed E-state index contributed by atoms with van der Waals surface area (Å²) in [5.74, 6) is -0.236. The minimum absolute atomic E-state index is 0.0645. The van der Waals surface area contributed by atoms with Crippen molar-refractivity contribution in [1.82, 2.24) is 9.80 Å². The molecule has 2 aliphatic rings. The van der Waals surface area contributed by atoms with Gasteiger partial charge in [0.2, 0.25) is 0 Å². The number of urea groups is 1. The fraction of sp³-hybridized carbons (Fsp3) is 0.562. The minimum atomic E-state index is -0.236. The number of morpholine rings is 1. The topological polar surface area (TPSA) is 32.8 Å². The van der Waals surface area contributed by atoms with Crippen LogP contribution in [0, 0.1) is 5.82 Å². The van der Waals surface area contributed by atoms with Crippen molar-refractivity contribution in [1.29, 1.82) is 0 Å². The van der Waals surface area contributed by atoms with Gasteiger partial charge in [-0.1, -0.05) is 12.1 Å². The molecule has 0 radical (unpaired) electrons. The van der Waals surface area contributed by atoms with Gasteiger partial charge in [-0.2, -0.15) is 0 Å². The van der Waals surface area contributed by atoms with Gasteiger partial charge < -0.3 is 14.5 Å². The molecule has 1 unspecified atom stereocenters. The van der Waals surface area contributed by atoms with E-state index in [9.17, 15) is 9.18 Å². The monoisotopic (exact) mass is 292 g/mol. The maximum Gasteiger partial charge on any atom is 0.320 e. The Hall–Kier alpha value is -1.62. The highest BCUT2D eigenvalue weighted by Gasteiger charge is 2.31. The smallest absolute Gasteiger partial charge is 0.320 e. The van der Waals surface area contributed by atoms with Crippen molar-refractivity contribution in [2.24, 2.45) is 0 Å². The summed E-state index contributed by atoms with van der Waals surface area (Å²) in [7, 11) is 0. The second kappa shape index (κ2) is 6.43. The maximum atomic E-state index is 13.1. The first kappa shape index (κ1) is 14.3. The van der Waals surface area contributed by atoms with Gasteiger partial charge in [0.25, 0.3) is 0 Å². The van der Waals surface area contributed by atoms with E-state index in [1.165, 1.54) is 12.1 Å². The Balaban J connectivity index is 1.77. The van der Waals surface area contributed by atoms with E-state index in [1.54, 1.807) is 12.1 Å². The number of halogens is 1. The predicted molar refractivity (Wildman–Crippen MR) is 77.5 cm³/mol. The van der Waals surface area contributed by atoms with Crippen LogP contribution < -0.4 is 0 Å². The second-order valence-electron chi connectivity index (χ2n) is 5.64. The molecule has 3 rings (SSSR count). The number of ether oxygens (including phenoxy) is 1. The summed E-state index contributed by atoms with van der Waals surface area (Å²) in [5, 5.41) is 0. The SMILES string of the molecule is O=C(N1CCOCC1)N1CCCCC1c1ccc(F)cc1. The Labute approximate surface area is 124 Å². The number of rotatable bonds is 1. The van der Waals surface area contributed by atoms with Crippen LogP contribution in [0.3, 0.4) is 0 Å². The van der Waals surface area contributed by atoms with E-state index in [1.807, 2.05) is 9.80 Å². The number of hydrogen-bond donors (Lipinski definition) is 0. The summed E-state index contributed by atoms with van der Waals surface area (Å²) < 4.78 is 18.4. The molecule has 0 spiro atoms. The number of carbonyl (C=O) groups is 1. The van der Waals surface area contributed by atoms with Gasteiger partial charge >= 0.3 is 6.03 Å². The molecule has 4 nitrogen and oxygen atoms in total. The summed E-state index contributed by atoms with van der Waals surface area (Å²) in [4.78, 5) is 16.5. The lowest BCUT2D eigenvalue weighted by Crippen LogP contribution is -2.50. The first-order valence-electron chi connectivity index (χ1n) is 7.64. The Morgan fingerprint density at radius 3 is 2.52 bits per heavy atom. The van der Waals surface area contributed by atoms with Gasteiger partial charge in [0.05, 0.1) is 19.3 Å². The molecule has 2 saturated heterocycles. The quantitative estimate of drug-likeness (QED) is 0.797. The number of benzene rings is 1. The Morgan fingerprint density at radius 2 is 1.81 bits per heavy atom. The van der Waals surface area contributed by atoms with E-state index in [4.69, 9.17) is 4.74 Å². The molecule has 0 bridgehead atoms. The van der Waals surface area contributed by atoms with Gasteiger partial charge in [-0.3, -0.25) is 0 Å². The fourth-order valence-electron chi connectivity index (χ4n) is 3.13. The number of carbonyl (C=O) groups excluding carboxylic acids is 1. The van der Waals surface area contributed by atoms with Crippen LogP contribution in [0.5, 0.6) is 0 Å². The normalized spacial score (nSPS) is 23.2. The molecule has 0 aliphatic carbocycles. The first-order chi connectivity index (χ1) is 10.3. The molecular formula is C16H21FN2O2.